The Morgan fingerprint density at radius 3 is 2.52 bits per heavy atom. The number of carbonyl (C=O) groups excluding carboxylic acids is 2. The molecule has 1 N–H and O–H groups in total. The van der Waals surface area contributed by atoms with Crippen LogP contribution in [0.1, 0.15) is 32.1 Å². The number of anilines is 2. The predicted octanol–water partition coefficient (Wildman–Crippen LogP) is 4.35. The Morgan fingerprint density at radius 1 is 0.939 bits per heavy atom. The summed E-state index contributed by atoms with van der Waals surface area (Å²) in [6.45, 7) is 1.05. The van der Waals surface area contributed by atoms with Crippen molar-refractivity contribution < 1.29 is 14.3 Å². The van der Waals surface area contributed by atoms with Crippen LogP contribution >= 0.6 is 0 Å². The number of hydrogen-bond acceptors (Lipinski definition) is 4. The van der Waals surface area contributed by atoms with E-state index in [9.17, 15) is 9.59 Å². The Morgan fingerprint density at radius 2 is 1.70 bits per heavy atom. The molecule has 0 radical (unpaired) electrons. The van der Waals surface area contributed by atoms with Gasteiger partial charge in [0.15, 0.2) is 0 Å². The largest absolute Gasteiger partial charge is 0.496 e. The smallest absolute Gasteiger partial charge is 0.259 e. The van der Waals surface area contributed by atoms with E-state index in [2.05, 4.69) is 14.9 Å². The molecule has 0 fully saturated rings. The number of rotatable bonds is 4. The number of benzene rings is 3. The number of carbonyl (C=O) groups is 2. The molecule has 0 aliphatic carbocycles. The van der Waals surface area contributed by atoms with Crippen LogP contribution in [0.4, 0.5) is 11.4 Å². The molecule has 3 aromatic carbocycles. The number of aromatic nitrogens is 2. The molecular formula is C26H22N4O3. The molecule has 1 aliphatic rings. The molecule has 0 saturated heterocycles. The van der Waals surface area contributed by atoms with E-state index < -0.39 is 0 Å². The van der Waals surface area contributed by atoms with Crippen molar-refractivity contribution in [3.63, 3.8) is 0 Å². The van der Waals surface area contributed by atoms with Gasteiger partial charge >= 0.3 is 0 Å². The number of amides is 2. The Bertz CT molecular complexity index is 1330. The molecule has 0 saturated carbocycles. The van der Waals surface area contributed by atoms with Crippen LogP contribution in [0.15, 0.2) is 85.2 Å². The highest BCUT2D eigenvalue weighted by atomic mass is 16.5. The molecule has 0 spiro atoms. The fourth-order valence-electron chi connectivity index (χ4n) is 4.02. The number of nitrogens with one attached hydrogen (secondary N) is 1. The lowest BCUT2D eigenvalue weighted by atomic mass is 10.1. The second-order valence-corrected chi connectivity index (χ2v) is 7.72. The summed E-state index contributed by atoms with van der Waals surface area (Å²) in [6, 6.07) is 21.8. The molecule has 1 aromatic heterocycles. The summed E-state index contributed by atoms with van der Waals surface area (Å²) >= 11 is 0. The lowest BCUT2D eigenvalue weighted by Gasteiger charge is -2.22. The van der Waals surface area contributed by atoms with E-state index in [0.717, 1.165) is 17.1 Å². The third-order valence-corrected chi connectivity index (χ3v) is 5.71. The minimum Gasteiger partial charge on any atom is -0.496 e. The van der Waals surface area contributed by atoms with Gasteiger partial charge < -0.3 is 19.5 Å². The summed E-state index contributed by atoms with van der Waals surface area (Å²) in [4.78, 5) is 32.3. The molecule has 7 heteroatoms. The van der Waals surface area contributed by atoms with Gasteiger partial charge in [-0.1, -0.05) is 30.3 Å². The zero-order valence-corrected chi connectivity index (χ0v) is 18.1. The van der Waals surface area contributed by atoms with Crippen molar-refractivity contribution in [2.75, 3.05) is 17.3 Å². The van der Waals surface area contributed by atoms with Gasteiger partial charge in [0.25, 0.3) is 11.8 Å². The molecule has 33 heavy (non-hydrogen) atoms. The molecular weight excluding hydrogens is 416 g/mol. The zero-order valence-electron chi connectivity index (χ0n) is 18.1. The Kier molecular flexibility index (Phi) is 5.36. The number of fused-ring (bicyclic) bond motifs is 2. The molecule has 164 valence electrons. The van der Waals surface area contributed by atoms with Crippen molar-refractivity contribution >= 4 is 23.2 Å². The van der Waals surface area contributed by atoms with Crippen LogP contribution in [0.2, 0.25) is 0 Å². The van der Waals surface area contributed by atoms with E-state index in [-0.39, 0.29) is 11.8 Å². The molecule has 0 bridgehead atoms. The first kappa shape index (κ1) is 20.5. The molecule has 1 aliphatic heterocycles. The van der Waals surface area contributed by atoms with Crippen LogP contribution in [0, 0.1) is 0 Å². The summed E-state index contributed by atoms with van der Waals surface area (Å²) in [7, 11) is 1.53. The average molecular weight is 438 g/mol. The SMILES string of the molecule is COc1ccccc1C(=O)Nc1ccc(C(=O)N2Cc3nccn3Cc3ccccc32)cc1. The van der Waals surface area contributed by atoms with E-state index in [1.807, 2.05) is 36.5 Å². The van der Waals surface area contributed by atoms with Crippen LogP contribution in [0.5, 0.6) is 5.75 Å². The second-order valence-electron chi connectivity index (χ2n) is 7.72. The summed E-state index contributed by atoms with van der Waals surface area (Å²) in [5.41, 5.74) is 3.50. The first-order valence-corrected chi connectivity index (χ1v) is 10.6. The molecule has 4 aromatic rings. The maximum absolute atomic E-state index is 13.5. The minimum absolute atomic E-state index is 0.124. The standard InChI is InChI=1S/C26H22N4O3/c1-33-23-9-5-3-7-21(23)25(31)28-20-12-10-18(11-13-20)26(32)30-17-24-27-14-15-29(24)16-19-6-2-4-8-22(19)30/h2-15H,16-17H2,1H3,(H,28,31). The highest BCUT2D eigenvalue weighted by Crippen LogP contribution is 2.28. The van der Waals surface area contributed by atoms with Crippen LogP contribution in [-0.2, 0) is 13.1 Å². The normalized spacial score (nSPS) is 12.3. The van der Waals surface area contributed by atoms with Gasteiger partial charge in [-0.05, 0) is 48.0 Å². The van der Waals surface area contributed by atoms with Crippen LogP contribution < -0.4 is 15.0 Å². The highest BCUT2D eigenvalue weighted by Gasteiger charge is 2.25. The average Bonchev–Trinajstić information content (AvgIpc) is 3.23. The maximum Gasteiger partial charge on any atom is 0.259 e. The van der Waals surface area contributed by atoms with Gasteiger partial charge in [0, 0.05) is 29.3 Å². The molecule has 7 nitrogen and oxygen atoms in total. The minimum atomic E-state index is -0.278. The third-order valence-electron chi connectivity index (χ3n) is 5.71. The van der Waals surface area contributed by atoms with Crippen molar-refractivity contribution in [3.8, 4) is 5.75 Å². The van der Waals surface area contributed by atoms with Gasteiger partial charge in [0.1, 0.15) is 11.6 Å². The van der Waals surface area contributed by atoms with Gasteiger partial charge in [0.2, 0.25) is 0 Å². The molecule has 2 amide bonds. The summed E-state index contributed by atoms with van der Waals surface area (Å²) < 4.78 is 7.32. The van der Waals surface area contributed by atoms with E-state index in [1.54, 1.807) is 53.6 Å². The number of ether oxygens (including phenoxy) is 1. The van der Waals surface area contributed by atoms with Gasteiger partial charge in [-0.15, -0.1) is 0 Å². The fourth-order valence-corrected chi connectivity index (χ4v) is 4.02. The molecule has 0 unspecified atom stereocenters. The van der Waals surface area contributed by atoms with Gasteiger partial charge in [0.05, 0.1) is 25.8 Å². The number of methoxy groups -OCH3 is 1. The van der Waals surface area contributed by atoms with E-state index in [4.69, 9.17) is 4.74 Å². The number of imidazole rings is 1. The Hall–Kier alpha value is -4.39. The Balaban J connectivity index is 1.38. The lowest BCUT2D eigenvalue weighted by Crippen LogP contribution is -2.30. The van der Waals surface area contributed by atoms with Crippen LogP contribution in [-0.4, -0.2) is 28.5 Å². The van der Waals surface area contributed by atoms with Crippen molar-refractivity contribution in [1.29, 1.82) is 0 Å². The number of hydrogen-bond donors (Lipinski definition) is 1. The van der Waals surface area contributed by atoms with Crippen molar-refractivity contribution in [1.82, 2.24) is 9.55 Å². The van der Waals surface area contributed by atoms with Crippen molar-refractivity contribution in [3.05, 3.63) is 108 Å². The monoisotopic (exact) mass is 438 g/mol. The molecule has 2 heterocycles. The van der Waals surface area contributed by atoms with Crippen LogP contribution in [0.3, 0.4) is 0 Å². The first-order valence-electron chi connectivity index (χ1n) is 10.6. The Labute approximate surface area is 191 Å². The number of nitrogens with zero attached hydrogens (tertiary/aromatic N) is 3. The van der Waals surface area contributed by atoms with E-state index in [0.29, 0.717) is 35.7 Å². The maximum atomic E-state index is 13.5. The topological polar surface area (TPSA) is 76.5 Å². The van der Waals surface area contributed by atoms with E-state index >= 15 is 0 Å². The lowest BCUT2D eigenvalue weighted by molar-refractivity contribution is 0.0983. The van der Waals surface area contributed by atoms with Crippen molar-refractivity contribution in [2.24, 2.45) is 0 Å². The van der Waals surface area contributed by atoms with Gasteiger partial charge in [-0.25, -0.2) is 4.98 Å². The first-order chi connectivity index (χ1) is 16.1. The molecule has 5 rings (SSSR count). The summed E-state index contributed by atoms with van der Waals surface area (Å²) in [5, 5.41) is 2.86. The zero-order chi connectivity index (χ0) is 22.8. The summed E-state index contributed by atoms with van der Waals surface area (Å²) in [5.74, 6) is 0.932. The van der Waals surface area contributed by atoms with Crippen molar-refractivity contribution in [2.45, 2.75) is 13.1 Å². The van der Waals surface area contributed by atoms with Gasteiger partial charge in [-0.3, -0.25) is 9.59 Å². The third kappa shape index (κ3) is 3.96. The van der Waals surface area contributed by atoms with Gasteiger partial charge in [-0.2, -0.15) is 0 Å². The quantitative estimate of drug-likeness (QED) is 0.514. The summed E-state index contributed by atoms with van der Waals surface area (Å²) in [6.07, 6.45) is 3.68. The second kappa shape index (κ2) is 8.63. The number of para-hydroxylation sites is 2. The van der Waals surface area contributed by atoms with Crippen LogP contribution in [0.25, 0.3) is 0 Å². The fraction of sp³-hybridized carbons (Fsp3) is 0.115. The highest BCUT2D eigenvalue weighted by molar-refractivity contribution is 6.08. The predicted molar refractivity (Wildman–Crippen MR) is 126 cm³/mol. The van der Waals surface area contributed by atoms with E-state index in [1.165, 1.54) is 7.11 Å². The molecule has 0 atom stereocenters.